The maximum Gasteiger partial charge on any atom is 0.110 e. The summed E-state index contributed by atoms with van der Waals surface area (Å²) in [6.45, 7) is 2.72. The zero-order valence-electron chi connectivity index (χ0n) is 13.7. The normalized spacial score (nSPS) is 18.0. The Labute approximate surface area is 142 Å². The van der Waals surface area contributed by atoms with Crippen molar-refractivity contribution >= 4 is 11.0 Å². The summed E-state index contributed by atoms with van der Waals surface area (Å²) < 4.78 is 0. The minimum atomic E-state index is -0.408. The van der Waals surface area contributed by atoms with Crippen molar-refractivity contribution in [2.24, 2.45) is 0 Å². The van der Waals surface area contributed by atoms with Crippen LogP contribution >= 0.6 is 0 Å². The molecular weight excluding hydrogens is 298 g/mol. The molecular formula is C20H23N3O. The van der Waals surface area contributed by atoms with Gasteiger partial charge >= 0.3 is 0 Å². The second kappa shape index (κ2) is 6.75. The van der Waals surface area contributed by atoms with Gasteiger partial charge in [0.05, 0.1) is 17.1 Å². The van der Waals surface area contributed by atoms with Gasteiger partial charge in [0.1, 0.15) is 5.82 Å². The van der Waals surface area contributed by atoms with Crippen molar-refractivity contribution in [1.29, 1.82) is 0 Å². The molecule has 0 spiro atoms. The Morgan fingerprint density at radius 2 is 1.75 bits per heavy atom. The van der Waals surface area contributed by atoms with E-state index >= 15 is 0 Å². The average molecular weight is 321 g/mol. The number of hydrogen-bond donors (Lipinski definition) is 2. The van der Waals surface area contributed by atoms with Crippen LogP contribution < -0.4 is 0 Å². The third-order valence-corrected chi connectivity index (χ3v) is 5.00. The number of para-hydroxylation sites is 2. The molecule has 0 bridgehead atoms. The Hall–Kier alpha value is -2.17. The summed E-state index contributed by atoms with van der Waals surface area (Å²) in [5.41, 5.74) is 3.17. The predicted molar refractivity (Wildman–Crippen MR) is 95.9 cm³/mol. The number of imidazole rings is 1. The Balaban J connectivity index is 1.36. The highest BCUT2D eigenvalue weighted by atomic mass is 16.3. The van der Waals surface area contributed by atoms with E-state index < -0.39 is 6.10 Å². The number of aromatic nitrogens is 2. The van der Waals surface area contributed by atoms with Gasteiger partial charge in [-0.3, -0.25) is 0 Å². The summed E-state index contributed by atoms with van der Waals surface area (Å²) in [6, 6.07) is 18.1. The van der Waals surface area contributed by atoms with Gasteiger partial charge in [0.15, 0.2) is 0 Å². The summed E-state index contributed by atoms with van der Waals surface area (Å²) in [4.78, 5) is 10.6. The fraction of sp³-hybridized carbons (Fsp3) is 0.350. The summed E-state index contributed by atoms with van der Waals surface area (Å²) in [6.07, 6.45) is 1.76. The van der Waals surface area contributed by atoms with Gasteiger partial charge in [0.2, 0.25) is 0 Å². The molecule has 0 aliphatic carbocycles. The minimum absolute atomic E-state index is 0.408. The van der Waals surface area contributed by atoms with Crippen LogP contribution in [0.5, 0.6) is 0 Å². The lowest BCUT2D eigenvalue weighted by molar-refractivity contribution is 0.0967. The Bertz CT molecular complexity index is 758. The van der Waals surface area contributed by atoms with Gasteiger partial charge in [0, 0.05) is 12.5 Å². The molecule has 0 amide bonds. The molecule has 4 heteroatoms. The van der Waals surface area contributed by atoms with Crippen molar-refractivity contribution in [3.63, 3.8) is 0 Å². The zero-order valence-corrected chi connectivity index (χ0v) is 13.7. The largest absolute Gasteiger partial charge is 0.387 e. The van der Waals surface area contributed by atoms with Gasteiger partial charge in [-0.15, -0.1) is 0 Å². The van der Waals surface area contributed by atoms with Crippen LogP contribution in [0.25, 0.3) is 11.0 Å². The quantitative estimate of drug-likeness (QED) is 0.773. The van der Waals surface area contributed by atoms with Crippen LogP contribution in [0.3, 0.4) is 0 Å². The monoisotopic (exact) mass is 321 g/mol. The van der Waals surface area contributed by atoms with Gasteiger partial charge in [-0.2, -0.15) is 0 Å². The Morgan fingerprint density at radius 1 is 1.04 bits per heavy atom. The topological polar surface area (TPSA) is 52.1 Å². The molecule has 0 radical (unpaired) electrons. The standard InChI is InChI=1S/C20H23N3O/c24-19(15-6-2-1-3-7-15)14-23-12-10-16(11-13-23)20-21-17-8-4-5-9-18(17)22-20/h1-9,16,19,24H,10-14H2,(H,21,22)/t19-/m0/s1. The molecule has 3 aromatic rings. The number of fused-ring (bicyclic) bond motifs is 1. The summed E-state index contributed by atoms with van der Waals surface area (Å²) >= 11 is 0. The molecule has 0 unspecified atom stereocenters. The number of H-pyrrole nitrogens is 1. The van der Waals surface area contributed by atoms with E-state index in [-0.39, 0.29) is 0 Å². The first kappa shape index (κ1) is 15.4. The molecule has 1 aliphatic rings. The number of piperidine rings is 1. The number of aromatic amines is 1. The number of β-amino-alcohol motifs (C(OH)–C–C–N with tert-alkyl or cyclic N) is 1. The number of nitrogens with zero attached hydrogens (tertiary/aromatic N) is 2. The smallest absolute Gasteiger partial charge is 0.110 e. The fourth-order valence-corrected chi connectivity index (χ4v) is 3.58. The predicted octanol–water partition coefficient (Wildman–Crippen LogP) is 3.48. The molecule has 1 aliphatic heterocycles. The summed E-state index contributed by atoms with van der Waals surface area (Å²) in [5.74, 6) is 1.60. The molecule has 4 nitrogen and oxygen atoms in total. The summed E-state index contributed by atoms with van der Waals surface area (Å²) in [7, 11) is 0. The van der Waals surface area contributed by atoms with Crippen molar-refractivity contribution in [3.8, 4) is 0 Å². The second-order valence-corrected chi connectivity index (χ2v) is 6.64. The van der Waals surface area contributed by atoms with Crippen molar-refractivity contribution in [2.75, 3.05) is 19.6 Å². The molecule has 2 N–H and O–H groups in total. The van der Waals surface area contributed by atoms with Gasteiger partial charge in [-0.05, 0) is 43.6 Å². The van der Waals surface area contributed by atoms with Gasteiger partial charge in [0.25, 0.3) is 0 Å². The zero-order chi connectivity index (χ0) is 16.4. The molecule has 1 aromatic heterocycles. The molecule has 4 rings (SSSR count). The maximum atomic E-state index is 10.4. The lowest BCUT2D eigenvalue weighted by Gasteiger charge is -2.32. The number of benzene rings is 2. The second-order valence-electron chi connectivity index (χ2n) is 6.64. The van der Waals surface area contributed by atoms with Crippen LogP contribution in [0, 0.1) is 0 Å². The van der Waals surface area contributed by atoms with Crippen molar-refractivity contribution in [3.05, 3.63) is 66.0 Å². The number of aliphatic hydroxyl groups excluding tert-OH is 1. The first-order valence-corrected chi connectivity index (χ1v) is 8.69. The number of likely N-dealkylation sites (tertiary alicyclic amines) is 1. The first-order valence-electron chi connectivity index (χ1n) is 8.69. The van der Waals surface area contributed by atoms with E-state index in [1.807, 2.05) is 42.5 Å². The maximum absolute atomic E-state index is 10.4. The molecule has 124 valence electrons. The molecule has 1 saturated heterocycles. The van der Waals surface area contributed by atoms with Crippen LogP contribution in [-0.2, 0) is 0 Å². The van der Waals surface area contributed by atoms with Gasteiger partial charge < -0.3 is 15.0 Å². The Kier molecular flexibility index (Phi) is 4.32. The number of rotatable bonds is 4. The lowest BCUT2D eigenvalue weighted by Crippen LogP contribution is -2.36. The van der Waals surface area contributed by atoms with E-state index in [1.165, 1.54) is 0 Å². The highest BCUT2D eigenvalue weighted by Crippen LogP contribution is 2.28. The molecule has 2 heterocycles. The van der Waals surface area contributed by atoms with E-state index in [0.717, 1.165) is 48.4 Å². The lowest BCUT2D eigenvalue weighted by atomic mass is 9.95. The number of nitrogens with one attached hydrogen (secondary N) is 1. The molecule has 0 saturated carbocycles. The fourth-order valence-electron chi connectivity index (χ4n) is 3.58. The van der Waals surface area contributed by atoms with Gasteiger partial charge in [-0.25, -0.2) is 4.98 Å². The van der Waals surface area contributed by atoms with Crippen molar-refractivity contribution in [2.45, 2.75) is 24.9 Å². The molecule has 24 heavy (non-hydrogen) atoms. The SMILES string of the molecule is O[C@@H](CN1CCC(c2nc3ccccc3[nH]2)CC1)c1ccccc1. The van der Waals surface area contributed by atoms with E-state index in [0.29, 0.717) is 12.5 Å². The highest BCUT2D eigenvalue weighted by Gasteiger charge is 2.24. The van der Waals surface area contributed by atoms with E-state index in [9.17, 15) is 5.11 Å². The van der Waals surface area contributed by atoms with Crippen molar-refractivity contribution < 1.29 is 5.11 Å². The molecule has 1 fully saturated rings. The van der Waals surface area contributed by atoms with Crippen LogP contribution in [-0.4, -0.2) is 39.6 Å². The van der Waals surface area contributed by atoms with Crippen LogP contribution in [0.2, 0.25) is 0 Å². The molecule has 1 atom stereocenters. The highest BCUT2D eigenvalue weighted by molar-refractivity contribution is 5.74. The van der Waals surface area contributed by atoms with Crippen LogP contribution in [0.15, 0.2) is 54.6 Å². The van der Waals surface area contributed by atoms with Crippen LogP contribution in [0.1, 0.15) is 36.3 Å². The first-order chi connectivity index (χ1) is 11.8. The van der Waals surface area contributed by atoms with Gasteiger partial charge in [-0.1, -0.05) is 42.5 Å². The van der Waals surface area contributed by atoms with E-state index in [1.54, 1.807) is 0 Å². The number of hydrogen-bond acceptors (Lipinski definition) is 3. The third kappa shape index (κ3) is 3.21. The Morgan fingerprint density at radius 3 is 2.50 bits per heavy atom. The van der Waals surface area contributed by atoms with Crippen molar-refractivity contribution in [1.82, 2.24) is 14.9 Å². The average Bonchev–Trinajstić information content (AvgIpc) is 3.07. The molecule has 2 aromatic carbocycles. The van der Waals surface area contributed by atoms with E-state index in [4.69, 9.17) is 4.98 Å². The third-order valence-electron chi connectivity index (χ3n) is 5.00. The minimum Gasteiger partial charge on any atom is -0.387 e. The number of aliphatic hydroxyl groups is 1. The summed E-state index contributed by atoms with van der Waals surface area (Å²) in [5, 5.41) is 10.4. The van der Waals surface area contributed by atoms with E-state index in [2.05, 4.69) is 22.0 Å². The van der Waals surface area contributed by atoms with Crippen LogP contribution in [0.4, 0.5) is 0 Å².